The van der Waals surface area contributed by atoms with Crippen molar-refractivity contribution in [1.29, 1.82) is 0 Å². The molecule has 1 saturated carbocycles. The fraction of sp³-hybridized carbons (Fsp3) is 0.400. The number of hydrogen-bond donors (Lipinski definition) is 2. The van der Waals surface area contributed by atoms with Crippen LogP contribution in [0.3, 0.4) is 0 Å². The van der Waals surface area contributed by atoms with Crippen molar-refractivity contribution in [2.75, 3.05) is 6.54 Å². The number of fused-ring (bicyclic) bond motifs is 1. The average molecular weight is 383 g/mol. The Morgan fingerprint density at radius 3 is 2.68 bits per heavy atom. The number of ether oxygens (including phenoxy) is 1. The maximum atomic E-state index is 12.7. The molecule has 1 spiro atoms. The summed E-state index contributed by atoms with van der Waals surface area (Å²) in [4.78, 5) is 53.6. The van der Waals surface area contributed by atoms with Crippen LogP contribution < -0.4 is 5.32 Å². The van der Waals surface area contributed by atoms with E-state index in [9.17, 15) is 19.2 Å². The number of nitrogens with zero attached hydrogens (tertiary/aromatic N) is 1. The molecule has 2 heterocycles. The molecule has 1 saturated heterocycles. The van der Waals surface area contributed by atoms with Crippen molar-refractivity contribution in [3.63, 3.8) is 0 Å². The van der Waals surface area contributed by atoms with Gasteiger partial charge in [0.15, 0.2) is 6.10 Å². The van der Waals surface area contributed by atoms with Crippen LogP contribution >= 0.6 is 0 Å². The summed E-state index contributed by atoms with van der Waals surface area (Å²) in [5, 5.41) is 3.45. The summed E-state index contributed by atoms with van der Waals surface area (Å²) in [6, 6.07) is 6.74. The molecule has 8 nitrogen and oxygen atoms in total. The zero-order valence-electron chi connectivity index (χ0n) is 15.5. The monoisotopic (exact) mass is 383 g/mol. The highest BCUT2D eigenvalue weighted by molar-refractivity contribution is 6.11. The van der Waals surface area contributed by atoms with Gasteiger partial charge in [0, 0.05) is 22.7 Å². The summed E-state index contributed by atoms with van der Waals surface area (Å²) in [5.74, 6) is -1.53. The molecule has 8 heteroatoms. The Kier molecular flexibility index (Phi) is 4.41. The number of esters is 1. The minimum absolute atomic E-state index is 0.352. The van der Waals surface area contributed by atoms with Crippen LogP contribution in [0.4, 0.5) is 4.79 Å². The lowest BCUT2D eigenvalue weighted by atomic mass is 9.98. The molecular weight excluding hydrogens is 362 g/mol. The highest BCUT2D eigenvalue weighted by atomic mass is 16.5. The van der Waals surface area contributed by atoms with Gasteiger partial charge < -0.3 is 15.0 Å². The second kappa shape index (κ2) is 6.78. The molecule has 1 aromatic carbocycles. The highest BCUT2D eigenvalue weighted by Gasteiger charge is 2.52. The molecule has 1 atom stereocenters. The van der Waals surface area contributed by atoms with Gasteiger partial charge in [-0.05, 0) is 25.8 Å². The van der Waals surface area contributed by atoms with Gasteiger partial charge in [0.2, 0.25) is 5.78 Å². The molecule has 1 aliphatic carbocycles. The van der Waals surface area contributed by atoms with E-state index in [0.29, 0.717) is 18.4 Å². The third kappa shape index (κ3) is 2.94. The number of benzene rings is 1. The fourth-order valence-corrected chi connectivity index (χ4v) is 4.05. The number of hydrogen-bond acceptors (Lipinski definition) is 5. The molecule has 2 aliphatic rings. The number of carbonyl (C=O) groups excluding carboxylic acids is 4. The second-order valence-electron chi connectivity index (χ2n) is 7.35. The Morgan fingerprint density at radius 2 is 1.93 bits per heavy atom. The number of rotatable bonds is 5. The lowest BCUT2D eigenvalue weighted by Crippen LogP contribution is -2.44. The van der Waals surface area contributed by atoms with E-state index < -0.39 is 30.2 Å². The largest absolute Gasteiger partial charge is 0.453 e. The first-order valence-corrected chi connectivity index (χ1v) is 9.35. The van der Waals surface area contributed by atoms with Gasteiger partial charge in [0.1, 0.15) is 12.1 Å². The molecule has 1 aromatic heterocycles. The van der Waals surface area contributed by atoms with Crippen LogP contribution in [-0.4, -0.2) is 51.8 Å². The number of aromatic amines is 1. The maximum absolute atomic E-state index is 12.7. The third-order valence-electron chi connectivity index (χ3n) is 5.52. The number of carbonyl (C=O) groups is 4. The SMILES string of the molecule is C[C@@H](OC(=O)CN1C(=O)NC2(CCCC2)C1=O)C(=O)c1c[nH]c2ccccc12. The number of urea groups is 1. The third-order valence-corrected chi connectivity index (χ3v) is 5.52. The van der Waals surface area contributed by atoms with Crippen LogP contribution in [0.15, 0.2) is 30.5 Å². The van der Waals surface area contributed by atoms with Crippen LogP contribution in [-0.2, 0) is 14.3 Å². The van der Waals surface area contributed by atoms with Crippen LogP contribution in [0.2, 0.25) is 0 Å². The van der Waals surface area contributed by atoms with Gasteiger partial charge >= 0.3 is 12.0 Å². The summed E-state index contributed by atoms with van der Waals surface area (Å²) in [6.07, 6.45) is 3.43. The lowest BCUT2D eigenvalue weighted by molar-refractivity contribution is -0.149. The van der Waals surface area contributed by atoms with E-state index in [1.807, 2.05) is 24.3 Å². The van der Waals surface area contributed by atoms with E-state index in [1.165, 1.54) is 6.92 Å². The first-order valence-electron chi connectivity index (χ1n) is 9.35. The first-order chi connectivity index (χ1) is 13.4. The topological polar surface area (TPSA) is 109 Å². The summed E-state index contributed by atoms with van der Waals surface area (Å²) in [6.45, 7) is 0.976. The van der Waals surface area contributed by atoms with Gasteiger partial charge in [0.05, 0.1) is 0 Å². The number of amides is 3. The number of aromatic nitrogens is 1. The van der Waals surface area contributed by atoms with E-state index in [2.05, 4.69) is 10.3 Å². The molecule has 0 bridgehead atoms. The number of ketones is 1. The highest BCUT2D eigenvalue weighted by Crippen LogP contribution is 2.35. The Morgan fingerprint density at radius 1 is 1.21 bits per heavy atom. The van der Waals surface area contributed by atoms with Crippen LogP contribution in [0, 0.1) is 0 Å². The molecule has 0 unspecified atom stereocenters. The van der Waals surface area contributed by atoms with E-state index in [-0.39, 0.29) is 11.7 Å². The lowest BCUT2D eigenvalue weighted by Gasteiger charge is -2.20. The van der Waals surface area contributed by atoms with E-state index >= 15 is 0 Å². The van der Waals surface area contributed by atoms with E-state index in [1.54, 1.807) is 6.20 Å². The molecule has 28 heavy (non-hydrogen) atoms. The molecule has 2 fully saturated rings. The second-order valence-corrected chi connectivity index (χ2v) is 7.35. The summed E-state index contributed by atoms with van der Waals surface area (Å²) in [5.41, 5.74) is 0.365. The molecule has 4 rings (SSSR count). The predicted molar refractivity (Wildman–Crippen MR) is 99.6 cm³/mol. The van der Waals surface area contributed by atoms with Gasteiger partial charge in [-0.25, -0.2) is 4.79 Å². The summed E-state index contributed by atoms with van der Waals surface area (Å²) < 4.78 is 5.22. The Labute approximate surface area is 161 Å². The van der Waals surface area contributed by atoms with Crippen LogP contribution in [0.1, 0.15) is 43.0 Å². The van der Waals surface area contributed by atoms with Crippen molar-refractivity contribution >= 4 is 34.6 Å². The van der Waals surface area contributed by atoms with Crippen molar-refractivity contribution in [2.24, 2.45) is 0 Å². The number of H-pyrrole nitrogens is 1. The van der Waals surface area contributed by atoms with Gasteiger partial charge in [0.25, 0.3) is 5.91 Å². The Hall–Kier alpha value is -3.16. The number of para-hydroxylation sites is 1. The summed E-state index contributed by atoms with van der Waals surface area (Å²) >= 11 is 0. The predicted octanol–water partition coefficient (Wildman–Crippen LogP) is 2.15. The first kappa shape index (κ1) is 18.2. The van der Waals surface area contributed by atoms with Crippen molar-refractivity contribution < 1.29 is 23.9 Å². The molecule has 2 N–H and O–H groups in total. The zero-order valence-corrected chi connectivity index (χ0v) is 15.5. The van der Waals surface area contributed by atoms with E-state index in [4.69, 9.17) is 4.74 Å². The number of Topliss-reactive ketones (excluding diaryl/α,β-unsaturated/α-hetero) is 1. The minimum atomic E-state index is -1.03. The van der Waals surface area contributed by atoms with Gasteiger partial charge in [-0.1, -0.05) is 31.0 Å². The van der Waals surface area contributed by atoms with Crippen molar-refractivity contribution in [2.45, 2.75) is 44.2 Å². The standard InChI is InChI=1S/C20H21N3O5/c1-12(17(25)14-10-21-15-7-3-2-6-13(14)15)28-16(24)11-23-18(26)20(22-19(23)27)8-4-5-9-20/h2-3,6-7,10,12,21H,4-5,8-9,11H2,1H3,(H,22,27)/t12-/m1/s1. The van der Waals surface area contributed by atoms with Gasteiger partial charge in [-0.2, -0.15) is 0 Å². The van der Waals surface area contributed by atoms with Crippen LogP contribution in [0.5, 0.6) is 0 Å². The normalized spacial score (nSPS) is 19.2. The molecule has 1 aliphatic heterocycles. The number of nitrogens with one attached hydrogen (secondary N) is 2. The van der Waals surface area contributed by atoms with Crippen molar-refractivity contribution in [3.8, 4) is 0 Å². The molecular formula is C20H21N3O5. The van der Waals surface area contributed by atoms with Crippen molar-refractivity contribution in [3.05, 3.63) is 36.0 Å². The molecule has 3 amide bonds. The zero-order chi connectivity index (χ0) is 19.9. The maximum Gasteiger partial charge on any atom is 0.326 e. The average Bonchev–Trinajstić information content (AvgIpc) is 3.37. The number of imide groups is 1. The van der Waals surface area contributed by atoms with Crippen molar-refractivity contribution in [1.82, 2.24) is 15.2 Å². The summed E-state index contributed by atoms with van der Waals surface area (Å²) in [7, 11) is 0. The van der Waals surface area contributed by atoms with Gasteiger partial charge in [-0.3, -0.25) is 19.3 Å². The molecule has 0 radical (unpaired) electrons. The minimum Gasteiger partial charge on any atom is -0.453 e. The fourth-order valence-electron chi connectivity index (χ4n) is 4.05. The molecule has 2 aromatic rings. The Balaban J connectivity index is 1.41. The molecule has 146 valence electrons. The Bertz CT molecular complexity index is 973. The van der Waals surface area contributed by atoms with Crippen LogP contribution in [0.25, 0.3) is 10.9 Å². The smallest absolute Gasteiger partial charge is 0.326 e. The quantitative estimate of drug-likeness (QED) is 0.467. The van der Waals surface area contributed by atoms with Gasteiger partial charge in [-0.15, -0.1) is 0 Å². The van der Waals surface area contributed by atoms with E-state index in [0.717, 1.165) is 28.6 Å².